The zero-order chi connectivity index (χ0) is 22.8. The van der Waals surface area contributed by atoms with E-state index in [1.807, 2.05) is 55.1 Å². The normalized spacial score (nSPS) is 26.7. The van der Waals surface area contributed by atoms with Crippen LogP contribution in [0.4, 0.5) is 16.2 Å². The Morgan fingerprint density at radius 1 is 1.16 bits per heavy atom. The lowest BCUT2D eigenvalue weighted by atomic mass is 9.82. The minimum atomic E-state index is -1.71. The average Bonchev–Trinajstić information content (AvgIpc) is 2.77. The molecule has 0 bridgehead atoms. The molecule has 32 heavy (non-hydrogen) atoms. The molecule has 3 unspecified atom stereocenters. The van der Waals surface area contributed by atoms with Gasteiger partial charge in [0.05, 0.1) is 23.5 Å². The standard InChI is InChI=1S/C24H26N4O4/c1-13-11-17-18(12-14(13)2)28(20-16-8-6-5-7-15(16)9-10-19(20)29)24(32-4)21(27(17)3)25-23(31)26-22(24)30/h5-8,11-12,19-20,29H,9-10H2,1-4H3,(H,26,30,31). The number of methoxy groups -OCH3 is 1. The van der Waals surface area contributed by atoms with E-state index in [-0.39, 0.29) is 5.84 Å². The van der Waals surface area contributed by atoms with Gasteiger partial charge in [-0.15, -0.1) is 0 Å². The molecule has 2 aliphatic heterocycles. The number of urea groups is 1. The number of hydrogen-bond donors (Lipinski definition) is 2. The van der Waals surface area contributed by atoms with Gasteiger partial charge in [-0.2, -0.15) is 4.99 Å². The Morgan fingerprint density at radius 3 is 2.56 bits per heavy atom. The van der Waals surface area contributed by atoms with Crippen LogP contribution in [0.5, 0.6) is 0 Å². The van der Waals surface area contributed by atoms with Crippen molar-refractivity contribution in [2.24, 2.45) is 4.99 Å². The number of aliphatic hydroxyl groups is 1. The summed E-state index contributed by atoms with van der Waals surface area (Å²) in [5.74, 6) is -0.444. The maximum atomic E-state index is 13.5. The van der Waals surface area contributed by atoms with Gasteiger partial charge in [0.1, 0.15) is 0 Å². The number of amides is 3. The highest BCUT2D eigenvalue weighted by atomic mass is 16.5. The number of ether oxygens (including phenoxy) is 1. The van der Waals surface area contributed by atoms with E-state index in [1.54, 1.807) is 11.9 Å². The fourth-order valence-electron chi connectivity index (χ4n) is 5.19. The molecule has 8 heteroatoms. The van der Waals surface area contributed by atoms with Crippen molar-refractivity contribution >= 4 is 29.1 Å². The van der Waals surface area contributed by atoms with Gasteiger partial charge in [-0.05, 0) is 61.1 Å². The molecule has 0 aromatic heterocycles. The molecule has 5 rings (SSSR count). The number of hydrogen-bond acceptors (Lipinski definition) is 6. The van der Waals surface area contributed by atoms with Gasteiger partial charge in [0.2, 0.25) is 0 Å². The number of imide groups is 1. The van der Waals surface area contributed by atoms with Gasteiger partial charge >= 0.3 is 6.03 Å². The van der Waals surface area contributed by atoms with E-state index in [1.165, 1.54) is 7.11 Å². The Morgan fingerprint density at radius 2 is 1.84 bits per heavy atom. The minimum absolute atomic E-state index is 0.180. The van der Waals surface area contributed by atoms with E-state index in [2.05, 4.69) is 10.3 Å². The molecule has 3 aliphatic rings. The Bertz CT molecular complexity index is 1180. The van der Waals surface area contributed by atoms with Crippen LogP contribution in [0.2, 0.25) is 0 Å². The summed E-state index contributed by atoms with van der Waals surface area (Å²) in [5.41, 5.74) is 3.97. The summed E-state index contributed by atoms with van der Waals surface area (Å²) in [5, 5.41) is 13.6. The summed E-state index contributed by atoms with van der Waals surface area (Å²) in [4.78, 5) is 33.5. The van der Waals surface area contributed by atoms with E-state index in [0.717, 1.165) is 40.0 Å². The van der Waals surface area contributed by atoms with Crippen molar-refractivity contribution in [1.29, 1.82) is 0 Å². The number of aryl methyl sites for hydroxylation is 3. The van der Waals surface area contributed by atoms with Crippen LogP contribution in [0, 0.1) is 13.8 Å². The van der Waals surface area contributed by atoms with Gasteiger partial charge in [0.25, 0.3) is 11.6 Å². The molecule has 3 atom stereocenters. The van der Waals surface area contributed by atoms with E-state index in [0.29, 0.717) is 6.42 Å². The number of nitrogens with zero attached hydrogens (tertiary/aromatic N) is 3. The number of aliphatic hydroxyl groups excluding tert-OH is 1. The first-order valence-electron chi connectivity index (χ1n) is 10.7. The summed E-state index contributed by atoms with van der Waals surface area (Å²) in [6.07, 6.45) is 0.537. The maximum Gasteiger partial charge on any atom is 0.349 e. The van der Waals surface area contributed by atoms with Gasteiger partial charge < -0.3 is 19.6 Å². The third kappa shape index (κ3) is 2.66. The molecular weight excluding hydrogens is 408 g/mol. The molecule has 0 radical (unpaired) electrons. The quantitative estimate of drug-likeness (QED) is 0.755. The Balaban J connectivity index is 1.86. The van der Waals surface area contributed by atoms with Gasteiger partial charge in [-0.3, -0.25) is 10.1 Å². The Hall–Kier alpha value is -3.23. The number of nitrogens with one attached hydrogen (secondary N) is 1. The second-order valence-electron chi connectivity index (χ2n) is 8.65. The topological polar surface area (TPSA) is 94.5 Å². The minimum Gasteiger partial charge on any atom is -0.391 e. The van der Waals surface area contributed by atoms with Crippen LogP contribution < -0.4 is 15.1 Å². The second kappa shape index (κ2) is 7.15. The number of aliphatic imine (C=N–C) groups is 1. The molecule has 0 fully saturated rings. The van der Waals surface area contributed by atoms with Crippen LogP contribution in [0.25, 0.3) is 0 Å². The summed E-state index contributed by atoms with van der Waals surface area (Å²) in [7, 11) is 3.20. The third-order valence-corrected chi connectivity index (χ3v) is 6.93. The number of anilines is 2. The number of benzene rings is 2. The molecule has 0 saturated heterocycles. The molecule has 0 spiro atoms. The van der Waals surface area contributed by atoms with Crippen molar-refractivity contribution in [1.82, 2.24) is 5.32 Å². The largest absolute Gasteiger partial charge is 0.391 e. The predicted molar refractivity (Wildman–Crippen MR) is 121 cm³/mol. The number of amidine groups is 1. The molecule has 2 N–H and O–H groups in total. The molecule has 8 nitrogen and oxygen atoms in total. The monoisotopic (exact) mass is 434 g/mol. The van der Waals surface area contributed by atoms with Crippen molar-refractivity contribution in [3.8, 4) is 0 Å². The number of fused-ring (bicyclic) bond motifs is 3. The molecule has 0 saturated carbocycles. The lowest BCUT2D eigenvalue weighted by molar-refractivity contribution is -0.136. The first kappa shape index (κ1) is 20.7. The predicted octanol–water partition coefficient (Wildman–Crippen LogP) is 2.60. The molecule has 2 aromatic carbocycles. The Labute approximate surface area is 186 Å². The first-order chi connectivity index (χ1) is 15.3. The van der Waals surface area contributed by atoms with Crippen LogP contribution in [-0.2, 0) is 16.0 Å². The second-order valence-corrected chi connectivity index (χ2v) is 8.65. The van der Waals surface area contributed by atoms with Gasteiger partial charge in [-0.1, -0.05) is 24.3 Å². The van der Waals surface area contributed by atoms with Gasteiger partial charge in [0, 0.05) is 14.2 Å². The van der Waals surface area contributed by atoms with Crippen molar-refractivity contribution in [3.63, 3.8) is 0 Å². The molecule has 166 valence electrons. The SMILES string of the molecule is COC12C(=O)NC(=O)N=C1N(C)c1cc(C)c(C)cc1N2C1c2ccccc2CCC1O. The lowest BCUT2D eigenvalue weighted by Gasteiger charge is -2.55. The maximum absolute atomic E-state index is 13.5. The molecular formula is C24H26N4O4. The van der Waals surface area contributed by atoms with Crippen LogP contribution in [0.1, 0.15) is 34.7 Å². The molecule has 3 amide bonds. The van der Waals surface area contributed by atoms with Crippen molar-refractivity contribution in [2.45, 2.75) is 44.6 Å². The summed E-state index contributed by atoms with van der Waals surface area (Å²) < 4.78 is 5.95. The van der Waals surface area contributed by atoms with Crippen molar-refractivity contribution < 1.29 is 19.4 Å². The van der Waals surface area contributed by atoms with E-state index >= 15 is 0 Å². The van der Waals surface area contributed by atoms with Crippen molar-refractivity contribution in [2.75, 3.05) is 24.0 Å². The molecule has 2 aromatic rings. The fraction of sp³-hybridized carbons (Fsp3) is 0.375. The first-order valence-corrected chi connectivity index (χ1v) is 10.7. The van der Waals surface area contributed by atoms with E-state index < -0.39 is 29.8 Å². The molecule has 2 heterocycles. The van der Waals surface area contributed by atoms with E-state index in [9.17, 15) is 14.7 Å². The highest BCUT2D eigenvalue weighted by Crippen LogP contribution is 2.50. The van der Waals surface area contributed by atoms with E-state index in [4.69, 9.17) is 4.74 Å². The van der Waals surface area contributed by atoms with Crippen LogP contribution in [-0.4, -0.2) is 48.9 Å². The van der Waals surface area contributed by atoms with Crippen LogP contribution >= 0.6 is 0 Å². The summed E-state index contributed by atoms with van der Waals surface area (Å²) in [6, 6.07) is 10.6. The Kier molecular flexibility index (Phi) is 4.61. The number of likely N-dealkylation sites (N-methyl/N-ethyl adjacent to an activating group) is 1. The number of carbonyl (C=O) groups excluding carboxylic acids is 2. The number of carbonyl (C=O) groups is 2. The highest BCUT2D eigenvalue weighted by molar-refractivity contribution is 6.29. The van der Waals surface area contributed by atoms with Crippen molar-refractivity contribution in [3.05, 3.63) is 58.7 Å². The smallest absolute Gasteiger partial charge is 0.349 e. The zero-order valence-corrected chi connectivity index (χ0v) is 18.5. The summed E-state index contributed by atoms with van der Waals surface area (Å²) in [6.45, 7) is 4.02. The average molecular weight is 434 g/mol. The lowest BCUT2D eigenvalue weighted by Crippen LogP contribution is -2.74. The van der Waals surface area contributed by atoms with Crippen LogP contribution in [0.15, 0.2) is 41.4 Å². The number of rotatable bonds is 2. The van der Waals surface area contributed by atoms with Crippen LogP contribution in [0.3, 0.4) is 0 Å². The fourth-order valence-corrected chi connectivity index (χ4v) is 5.19. The van der Waals surface area contributed by atoms with Gasteiger partial charge in [-0.25, -0.2) is 4.79 Å². The summed E-state index contributed by atoms with van der Waals surface area (Å²) >= 11 is 0. The van der Waals surface area contributed by atoms with Gasteiger partial charge in [0.15, 0.2) is 5.84 Å². The molecule has 1 aliphatic carbocycles. The third-order valence-electron chi connectivity index (χ3n) is 6.93. The highest BCUT2D eigenvalue weighted by Gasteiger charge is 2.61. The zero-order valence-electron chi connectivity index (χ0n) is 18.5.